The third kappa shape index (κ3) is 1.02. The quantitative estimate of drug-likeness (QED) is 0.397. The summed E-state index contributed by atoms with van der Waals surface area (Å²) in [7, 11) is 3.24. The van der Waals surface area contributed by atoms with Crippen LogP contribution in [-0.4, -0.2) is 17.4 Å². The first-order valence-corrected chi connectivity index (χ1v) is 2.88. The van der Waals surface area contributed by atoms with Gasteiger partial charge in [-0.15, -0.1) is 0 Å². The Hall–Kier alpha value is -1.26. The Labute approximate surface area is 57.9 Å². The van der Waals surface area contributed by atoms with Crippen LogP contribution in [0.15, 0.2) is 15.8 Å². The molecule has 0 aliphatic carbocycles. The van der Waals surface area contributed by atoms with Gasteiger partial charge in [-0.3, -0.25) is 9.78 Å². The highest BCUT2D eigenvalue weighted by molar-refractivity contribution is 6.31. The molecule has 4 nitrogen and oxygen atoms in total. The molecular formula is C5H7BN2O2. The van der Waals surface area contributed by atoms with E-state index in [0.29, 0.717) is 5.46 Å². The Balaban J connectivity index is 3.59. The molecule has 52 valence electrons. The van der Waals surface area contributed by atoms with Crippen LogP contribution in [0.1, 0.15) is 0 Å². The summed E-state index contributed by atoms with van der Waals surface area (Å²) in [5, 5.41) is 0. The first-order chi connectivity index (χ1) is 4.61. The van der Waals surface area contributed by atoms with Crippen LogP contribution in [0.25, 0.3) is 0 Å². The minimum atomic E-state index is -0.379. The molecule has 0 saturated heterocycles. The number of hydrogen-bond acceptors (Lipinski definition) is 2. The molecule has 0 unspecified atom stereocenters. The molecule has 0 aromatic carbocycles. The molecule has 0 atom stereocenters. The molecule has 1 heterocycles. The van der Waals surface area contributed by atoms with Crippen molar-refractivity contribution in [3.05, 3.63) is 27.0 Å². The van der Waals surface area contributed by atoms with Gasteiger partial charge in [0.2, 0.25) is 5.56 Å². The second kappa shape index (κ2) is 2.17. The molecule has 0 radical (unpaired) electrons. The third-order valence-electron chi connectivity index (χ3n) is 1.29. The standard InChI is InChI=1S/C5H7BN2O2/c1-8-2-3(6)4(9)7-5(8)10/h2H,6H2,1H3,(H,7,9,10). The van der Waals surface area contributed by atoms with E-state index in [9.17, 15) is 9.59 Å². The lowest BCUT2D eigenvalue weighted by molar-refractivity contribution is 0.807. The monoisotopic (exact) mass is 138 g/mol. The number of aromatic amines is 1. The van der Waals surface area contributed by atoms with Crippen molar-refractivity contribution in [2.24, 2.45) is 7.05 Å². The van der Waals surface area contributed by atoms with E-state index in [1.807, 2.05) is 0 Å². The summed E-state index contributed by atoms with van der Waals surface area (Å²) in [6.07, 6.45) is 1.50. The van der Waals surface area contributed by atoms with E-state index in [1.165, 1.54) is 10.8 Å². The number of nitrogens with zero attached hydrogens (tertiary/aromatic N) is 1. The highest BCUT2D eigenvalue weighted by Gasteiger charge is 1.93. The van der Waals surface area contributed by atoms with Gasteiger partial charge in [0.05, 0.1) is 0 Å². The van der Waals surface area contributed by atoms with Gasteiger partial charge in [0.25, 0.3) is 0 Å². The van der Waals surface area contributed by atoms with Crippen LogP contribution < -0.4 is 16.7 Å². The fourth-order valence-electron chi connectivity index (χ4n) is 0.692. The highest BCUT2D eigenvalue weighted by atomic mass is 16.2. The SMILES string of the molecule is Bc1cn(C)c(=O)[nH]c1=O. The minimum absolute atomic E-state index is 0.317. The molecule has 5 heteroatoms. The van der Waals surface area contributed by atoms with Gasteiger partial charge in [-0.2, -0.15) is 0 Å². The summed E-state index contributed by atoms with van der Waals surface area (Å²) in [6, 6.07) is 0. The second-order valence-corrected chi connectivity index (χ2v) is 2.18. The molecule has 10 heavy (non-hydrogen) atoms. The van der Waals surface area contributed by atoms with E-state index >= 15 is 0 Å². The van der Waals surface area contributed by atoms with Crippen LogP contribution in [0.2, 0.25) is 0 Å². The van der Waals surface area contributed by atoms with Gasteiger partial charge in [0, 0.05) is 13.2 Å². The van der Waals surface area contributed by atoms with Gasteiger partial charge >= 0.3 is 5.69 Å². The van der Waals surface area contributed by atoms with Gasteiger partial charge in [0.1, 0.15) is 7.85 Å². The van der Waals surface area contributed by atoms with E-state index in [4.69, 9.17) is 0 Å². The molecule has 0 spiro atoms. The molecule has 1 aromatic rings. The Bertz CT molecular complexity index is 320. The summed E-state index contributed by atoms with van der Waals surface area (Å²) in [6.45, 7) is 0. The van der Waals surface area contributed by atoms with E-state index in [-0.39, 0.29) is 11.2 Å². The second-order valence-electron chi connectivity index (χ2n) is 2.18. The number of aryl methyl sites for hydroxylation is 1. The molecule has 1 rings (SSSR count). The highest BCUT2D eigenvalue weighted by Crippen LogP contribution is 1.58. The predicted molar refractivity (Wildman–Crippen MR) is 40.5 cm³/mol. The summed E-state index contributed by atoms with van der Waals surface area (Å²) in [4.78, 5) is 23.6. The van der Waals surface area contributed by atoms with E-state index in [2.05, 4.69) is 4.98 Å². The van der Waals surface area contributed by atoms with Gasteiger partial charge < -0.3 is 4.57 Å². The lowest BCUT2D eigenvalue weighted by atomic mass is 10.0. The van der Waals surface area contributed by atoms with E-state index in [0.717, 1.165) is 0 Å². The van der Waals surface area contributed by atoms with Crippen LogP contribution in [0.3, 0.4) is 0 Å². The maximum atomic E-state index is 10.7. The van der Waals surface area contributed by atoms with Crippen molar-refractivity contribution in [1.29, 1.82) is 0 Å². The number of aromatic nitrogens is 2. The van der Waals surface area contributed by atoms with Crippen molar-refractivity contribution < 1.29 is 0 Å². The lowest BCUT2D eigenvalue weighted by Gasteiger charge is -1.94. The molecule has 0 fully saturated rings. The van der Waals surface area contributed by atoms with Crippen molar-refractivity contribution in [2.75, 3.05) is 0 Å². The molecule has 1 aromatic heterocycles. The largest absolute Gasteiger partial charge is 0.328 e. The maximum Gasteiger partial charge on any atom is 0.328 e. The fraction of sp³-hybridized carbons (Fsp3) is 0.200. The number of nitrogens with one attached hydrogen (secondary N) is 1. The van der Waals surface area contributed by atoms with Crippen molar-refractivity contribution in [2.45, 2.75) is 0 Å². The topological polar surface area (TPSA) is 54.9 Å². The Morgan fingerprint density at radius 1 is 1.60 bits per heavy atom. The molecule has 0 bridgehead atoms. The zero-order chi connectivity index (χ0) is 7.72. The van der Waals surface area contributed by atoms with Crippen molar-refractivity contribution in [1.82, 2.24) is 9.55 Å². The van der Waals surface area contributed by atoms with Crippen molar-refractivity contribution in [3.63, 3.8) is 0 Å². The normalized spacial score (nSPS) is 9.70. The Kier molecular flexibility index (Phi) is 1.49. The van der Waals surface area contributed by atoms with Gasteiger partial charge in [-0.05, 0) is 5.46 Å². The van der Waals surface area contributed by atoms with E-state index < -0.39 is 0 Å². The third-order valence-corrected chi connectivity index (χ3v) is 1.29. The molecular weight excluding hydrogens is 131 g/mol. The lowest BCUT2D eigenvalue weighted by Crippen LogP contribution is -2.38. The first-order valence-electron chi connectivity index (χ1n) is 2.88. The minimum Gasteiger partial charge on any atom is -0.304 e. The molecule has 0 aliphatic heterocycles. The van der Waals surface area contributed by atoms with Crippen LogP contribution in [0, 0.1) is 0 Å². The zero-order valence-corrected chi connectivity index (χ0v) is 5.84. The van der Waals surface area contributed by atoms with Gasteiger partial charge in [0.15, 0.2) is 0 Å². The van der Waals surface area contributed by atoms with Crippen molar-refractivity contribution >= 4 is 13.3 Å². The van der Waals surface area contributed by atoms with Crippen molar-refractivity contribution in [3.8, 4) is 0 Å². The molecule has 0 saturated carbocycles. The maximum absolute atomic E-state index is 10.7. The van der Waals surface area contributed by atoms with E-state index in [1.54, 1.807) is 14.9 Å². The van der Waals surface area contributed by atoms with Crippen LogP contribution >= 0.6 is 0 Å². The summed E-state index contributed by atoms with van der Waals surface area (Å²) in [5.41, 5.74) is -0.152. The smallest absolute Gasteiger partial charge is 0.304 e. The molecule has 0 aliphatic rings. The molecule has 0 amide bonds. The number of H-pyrrole nitrogens is 1. The Morgan fingerprint density at radius 3 is 2.70 bits per heavy atom. The van der Waals surface area contributed by atoms with Gasteiger partial charge in [-0.25, -0.2) is 4.79 Å². The van der Waals surface area contributed by atoms with Crippen LogP contribution in [0.5, 0.6) is 0 Å². The first kappa shape index (κ1) is 6.86. The summed E-state index contributed by atoms with van der Waals surface area (Å²) < 4.78 is 1.33. The Morgan fingerprint density at radius 2 is 2.20 bits per heavy atom. The zero-order valence-electron chi connectivity index (χ0n) is 5.84. The summed E-state index contributed by atoms with van der Waals surface area (Å²) in [5.74, 6) is 0. The fourth-order valence-corrected chi connectivity index (χ4v) is 0.692. The average Bonchev–Trinajstić information content (AvgIpc) is 1.84. The number of rotatable bonds is 0. The van der Waals surface area contributed by atoms with Crippen LogP contribution in [0.4, 0.5) is 0 Å². The average molecular weight is 138 g/mol. The molecule has 1 N–H and O–H groups in total. The predicted octanol–water partition coefficient (Wildman–Crippen LogP) is -2.67. The summed E-state index contributed by atoms with van der Waals surface area (Å²) >= 11 is 0. The van der Waals surface area contributed by atoms with Crippen LogP contribution in [-0.2, 0) is 7.05 Å². The number of hydrogen-bond donors (Lipinski definition) is 1. The van der Waals surface area contributed by atoms with Gasteiger partial charge in [-0.1, -0.05) is 0 Å².